The van der Waals surface area contributed by atoms with Crippen molar-refractivity contribution < 1.29 is 18.5 Å². The molecule has 0 radical (unpaired) electrons. The lowest BCUT2D eigenvalue weighted by atomic mass is 10.1. The van der Waals surface area contributed by atoms with Crippen LogP contribution >= 0.6 is 18.7 Å². The summed E-state index contributed by atoms with van der Waals surface area (Å²) in [5.41, 5.74) is 1.53. The van der Waals surface area contributed by atoms with E-state index >= 15 is 0 Å². The minimum Gasteiger partial charge on any atom is -0.491 e. The van der Waals surface area contributed by atoms with Gasteiger partial charge in [0.05, 0.1) is 30.0 Å². The number of amides is 1. The number of ether oxygens (including phenoxy) is 1. The molecule has 2 N–H and O–H groups in total. The van der Waals surface area contributed by atoms with E-state index in [0.29, 0.717) is 65.4 Å². The molecular weight excluding hydrogens is 478 g/mol. The zero-order valence-electron chi connectivity index (χ0n) is 19.1. The Morgan fingerprint density at radius 1 is 1.24 bits per heavy atom. The molecule has 0 aliphatic carbocycles. The van der Waals surface area contributed by atoms with Gasteiger partial charge in [-0.15, -0.1) is 0 Å². The van der Waals surface area contributed by atoms with Crippen molar-refractivity contribution in [3.63, 3.8) is 0 Å². The standard InChI is InChI=1S/C24H27ClFN4O3P/c1-4-23(31)30-21-13-17-20(14-22(21)33-10-7-11-34(32,5-2)6-3)27-15-28-24(17)29-16-8-9-19(26)18(25)12-16/h4,8-9,12-15H,1,5-7,10-11H2,2-3H3,(H,30,31)(H,27,28,29). The zero-order valence-corrected chi connectivity index (χ0v) is 20.8. The molecule has 0 bridgehead atoms. The smallest absolute Gasteiger partial charge is 0.247 e. The molecule has 0 aliphatic heterocycles. The summed E-state index contributed by atoms with van der Waals surface area (Å²) in [6, 6.07) is 7.65. The summed E-state index contributed by atoms with van der Waals surface area (Å²) in [5.74, 6) is -0.0484. The molecule has 0 unspecified atom stereocenters. The van der Waals surface area contributed by atoms with Crippen molar-refractivity contribution in [1.82, 2.24) is 9.97 Å². The van der Waals surface area contributed by atoms with E-state index in [4.69, 9.17) is 16.3 Å². The van der Waals surface area contributed by atoms with E-state index < -0.39 is 18.9 Å². The van der Waals surface area contributed by atoms with Crippen molar-refractivity contribution in [3.8, 4) is 5.75 Å². The molecule has 3 aromatic rings. The minimum absolute atomic E-state index is 0.0197. The lowest BCUT2D eigenvalue weighted by Crippen LogP contribution is -2.10. The van der Waals surface area contributed by atoms with Crippen LogP contribution in [0.4, 0.5) is 21.6 Å². The summed E-state index contributed by atoms with van der Waals surface area (Å²) in [6.45, 7) is 7.73. The van der Waals surface area contributed by atoms with Gasteiger partial charge in [0.15, 0.2) is 0 Å². The Bertz CT molecular complexity index is 1250. The maximum atomic E-state index is 13.5. The van der Waals surface area contributed by atoms with Crippen molar-refractivity contribution in [1.29, 1.82) is 0 Å². The fraction of sp³-hybridized carbons (Fsp3) is 0.292. The van der Waals surface area contributed by atoms with Crippen molar-refractivity contribution in [3.05, 3.63) is 60.2 Å². The molecule has 0 spiro atoms. The first-order chi connectivity index (χ1) is 16.3. The van der Waals surface area contributed by atoms with Crippen LogP contribution in [0.2, 0.25) is 5.02 Å². The predicted octanol–water partition coefficient (Wildman–Crippen LogP) is 6.46. The Hall–Kier alpha value is -2.96. The number of nitrogens with one attached hydrogen (secondary N) is 2. The first kappa shape index (κ1) is 25.7. The molecular formula is C24H27ClFN4O3P. The molecule has 0 atom stereocenters. The second-order valence-electron chi connectivity index (χ2n) is 7.65. The molecule has 1 aromatic heterocycles. The Morgan fingerprint density at radius 3 is 2.68 bits per heavy atom. The van der Waals surface area contributed by atoms with Crippen LogP contribution in [-0.4, -0.2) is 41.0 Å². The molecule has 180 valence electrons. The monoisotopic (exact) mass is 504 g/mol. The average Bonchev–Trinajstić information content (AvgIpc) is 2.84. The number of halogens is 2. The van der Waals surface area contributed by atoms with Crippen LogP contribution in [0.1, 0.15) is 20.3 Å². The van der Waals surface area contributed by atoms with Crippen molar-refractivity contribution in [2.24, 2.45) is 0 Å². The average molecular weight is 505 g/mol. The molecule has 0 aliphatic rings. The topological polar surface area (TPSA) is 93.2 Å². The summed E-state index contributed by atoms with van der Waals surface area (Å²) in [6.07, 6.45) is 5.14. The molecule has 1 heterocycles. The number of carbonyl (C=O) groups is 1. The van der Waals surface area contributed by atoms with Gasteiger partial charge in [0.25, 0.3) is 0 Å². The molecule has 34 heavy (non-hydrogen) atoms. The molecule has 3 rings (SSSR count). The predicted molar refractivity (Wildman–Crippen MR) is 137 cm³/mol. The second kappa shape index (κ2) is 11.4. The maximum Gasteiger partial charge on any atom is 0.247 e. The summed E-state index contributed by atoms with van der Waals surface area (Å²) >= 11 is 5.89. The highest BCUT2D eigenvalue weighted by Gasteiger charge is 2.17. The van der Waals surface area contributed by atoms with Crippen LogP contribution in [0, 0.1) is 5.82 Å². The highest BCUT2D eigenvalue weighted by atomic mass is 35.5. The van der Waals surface area contributed by atoms with Gasteiger partial charge in [0.2, 0.25) is 5.91 Å². The van der Waals surface area contributed by atoms with Crippen LogP contribution in [0.25, 0.3) is 10.9 Å². The molecule has 2 aromatic carbocycles. The quantitative estimate of drug-likeness (QED) is 0.177. The number of hydrogen-bond donors (Lipinski definition) is 2. The normalized spacial score (nSPS) is 11.3. The number of rotatable bonds is 11. The first-order valence-corrected chi connectivity index (χ1v) is 13.6. The van der Waals surface area contributed by atoms with Crippen molar-refractivity contribution >= 4 is 52.7 Å². The van der Waals surface area contributed by atoms with E-state index in [2.05, 4.69) is 27.2 Å². The number of hydrogen-bond acceptors (Lipinski definition) is 6. The van der Waals surface area contributed by atoms with Gasteiger partial charge in [-0.2, -0.15) is 0 Å². The SMILES string of the molecule is C=CC(=O)Nc1cc2c(Nc3ccc(F)c(Cl)c3)ncnc2cc1OCCCP(=O)(CC)CC. The molecule has 0 saturated heterocycles. The van der Waals surface area contributed by atoms with E-state index in [1.165, 1.54) is 18.5 Å². The third-order valence-electron chi connectivity index (χ3n) is 5.48. The second-order valence-corrected chi connectivity index (χ2v) is 11.9. The Morgan fingerprint density at radius 2 is 2.00 bits per heavy atom. The summed E-state index contributed by atoms with van der Waals surface area (Å²) in [7, 11) is -2.15. The van der Waals surface area contributed by atoms with E-state index in [0.717, 1.165) is 6.08 Å². The highest BCUT2D eigenvalue weighted by Crippen LogP contribution is 2.45. The van der Waals surface area contributed by atoms with Gasteiger partial charge in [-0.1, -0.05) is 32.0 Å². The fourth-order valence-electron chi connectivity index (χ4n) is 3.37. The third-order valence-corrected chi connectivity index (χ3v) is 9.21. The zero-order chi connectivity index (χ0) is 24.7. The number of nitrogens with zero attached hydrogens (tertiary/aromatic N) is 2. The fourth-order valence-corrected chi connectivity index (χ4v) is 5.34. The van der Waals surface area contributed by atoms with E-state index in [1.54, 1.807) is 18.2 Å². The Kier molecular flexibility index (Phi) is 8.64. The summed E-state index contributed by atoms with van der Waals surface area (Å²) in [5, 5.41) is 6.44. The van der Waals surface area contributed by atoms with Gasteiger partial charge in [-0.25, -0.2) is 14.4 Å². The number of benzene rings is 2. The largest absolute Gasteiger partial charge is 0.491 e. The third kappa shape index (κ3) is 6.33. The number of fused-ring (bicyclic) bond motifs is 1. The molecule has 0 fully saturated rings. The molecule has 7 nitrogen and oxygen atoms in total. The van der Waals surface area contributed by atoms with Gasteiger partial charge in [0, 0.05) is 23.3 Å². The molecule has 0 saturated carbocycles. The number of aromatic nitrogens is 2. The van der Waals surface area contributed by atoms with Crippen LogP contribution in [0.15, 0.2) is 49.3 Å². The molecule has 1 amide bonds. The van der Waals surface area contributed by atoms with Crippen molar-refractivity contribution in [2.45, 2.75) is 20.3 Å². The minimum atomic E-state index is -2.15. The van der Waals surface area contributed by atoms with E-state index in [1.807, 2.05) is 13.8 Å². The van der Waals surface area contributed by atoms with E-state index in [9.17, 15) is 13.8 Å². The summed E-state index contributed by atoms with van der Waals surface area (Å²) in [4.78, 5) is 20.6. The van der Waals surface area contributed by atoms with Crippen LogP contribution in [-0.2, 0) is 9.36 Å². The van der Waals surface area contributed by atoms with Gasteiger partial charge >= 0.3 is 0 Å². The van der Waals surface area contributed by atoms with Gasteiger partial charge in [-0.3, -0.25) is 4.79 Å². The Labute approximate surface area is 203 Å². The number of anilines is 3. The van der Waals surface area contributed by atoms with Crippen LogP contribution in [0.5, 0.6) is 5.75 Å². The maximum absolute atomic E-state index is 13.5. The van der Waals surface area contributed by atoms with Gasteiger partial charge < -0.3 is 19.9 Å². The van der Waals surface area contributed by atoms with Crippen LogP contribution < -0.4 is 15.4 Å². The lowest BCUT2D eigenvalue weighted by Gasteiger charge is -2.17. The highest BCUT2D eigenvalue weighted by molar-refractivity contribution is 7.63. The first-order valence-electron chi connectivity index (χ1n) is 10.9. The lowest BCUT2D eigenvalue weighted by molar-refractivity contribution is -0.111. The Balaban J connectivity index is 1.90. The van der Waals surface area contributed by atoms with Gasteiger partial charge in [-0.05, 0) is 49.1 Å². The number of carbonyl (C=O) groups excluding carboxylic acids is 1. The van der Waals surface area contributed by atoms with E-state index in [-0.39, 0.29) is 5.02 Å². The molecule has 10 heteroatoms. The van der Waals surface area contributed by atoms with Crippen LogP contribution in [0.3, 0.4) is 0 Å². The summed E-state index contributed by atoms with van der Waals surface area (Å²) < 4.78 is 32.1. The van der Waals surface area contributed by atoms with Gasteiger partial charge in [0.1, 0.15) is 23.7 Å². The van der Waals surface area contributed by atoms with Crippen molar-refractivity contribution in [2.75, 3.05) is 35.7 Å².